The highest BCUT2D eigenvalue weighted by Crippen LogP contribution is 2.20. The molecule has 108 valence electrons. The smallest absolute Gasteiger partial charge is 0.287 e. The van der Waals surface area contributed by atoms with Gasteiger partial charge in [0.2, 0.25) is 0 Å². The van der Waals surface area contributed by atoms with Crippen LogP contribution in [0.15, 0.2) is 22.6 Å². The van der Waals surface area contributed by atoms with Gasteiger partial charge in [-0.3, -0.25) is 4.79 Å². The zero-order valence-electron chi connectivity index (χ0n) is 12.4. The summed E-state index contributed by atoms with van der Waals surface area (Å²) in [6.45, 7) is 8.25. The molecule has 1 atom stereocenters. The number of furan rings is 1. The van der Waals surface area contributed by atoms with Gasteiger partial charge in [0, 0.05) is 18.3 Å². The second-order valence-corrected chi connectivity index (χ2v) is 5.68. The normalized spacial score (nSPS) is 14.5. The van der Waals surface area contributed by atoms with Gasteiger partial charge in [0.1, 0.15) is 5.52 Å². The van der Waals surface area contributed by atoms with E-state index >= 15 is 0 Å². The van der Waals surface area contributed by atoms with Crippen LogP contribution in [0.25, 0.3) is 11.1 Å². The number of aromatic nitrogens is 1. The number of carbonyl (C=O) groups is 1. The molecule has 0 radical (unpaired) electrons. The number of nitrogens with zero attached hydrogens (tertiary/aromatic N) is 1. The van der Waals surface area contributed by atoms with Crippen LogP contribution in [-0.4, -0.2) is 23.0 Å². The van der Waals surface area contributed by atoms with Gasteiger partial charge in [-0.25, -0.2) is 4.98 Å². The van der Waals surface area contributed by atoms with Crippen molar-refractivity contribution in [3.63, 3.8) is 0 Å². The molecule has 5 nitrogen and oxygen atoms in total. The number of rotatable bonds is 4. The van der Waals surface area contributed by atoms with Crippen LogP contribution in [0.5, 0.6) is 0 Å². The van der Waals surface area contributed by atoms with Crippen molar-refractivity contribution in [1.29, 1.82) is 0 Å². The van der Waals surface area contributed by atoms with Gasteiger partial charge in [-0.1, -0.05) is 13.8 Å². The van der Waals surface area contributed by atoms with Gasteiger partial charge in [0.25, 0.3) is 5.91 Å². The Morgan fingerprint density at radius 1 is 1.50 bits per heavy atom. The van der Waals surface area contributed by atoms with E-state index in [1.807, 2.05) is 39.8 Å². The summed E-state index contributed by atoms with van der Waals surface area (Å²) in [7, 11) is 0. The Labute approximate surface area is 118 Å². The average molecular weight is 275 g/mol. The summed E-state index contributed by atoms with van der Waals surface area (Å²) >= 11 is 0. The number of amides is 1. The van der Waals surface area contributed by atoms with E-state index in [9.17, 15) is 4.79 Å². The fraction of sp³-hybridized carbons (Fsp3) is 0.467. The first-order valence-corrected chi connectivity index (χ1v) is 6.75. The predicted octanol–water partition coefficient (Wildman–Crippen LogP) is 2.24. The summed E-state index contributed by atoms with van der Waals surface area (Å²) in [5.41, 5.74) is 7.50. The second-order valence-electron chi connectivity index (χ2n) is 5.68. The lowest BCUT2D eigenvalue weighted by atomic mass is 9.88. The lowest BCUT2D eigenvalue weighted by molar-refractivity contribution is 0.0856. The number of hydrogen-bond donors (Lipinski definition) is 2. The van der Waals surface area contributed by atoms with E-state index in [0.29, 0.717) is 17.6 Å². The van der Waals surface area contributed by atoms with Crippen LogP contribution in [0.4, 0.5) is 0 Å². The summed E-state index contributed by atoms with van der Waals surface area (Å²) in [5.74, 6) is 0.224. The lowest BCUT2D eigenvalue weighted by Crippen LogP contribution is -2.54. The van der Waals surface area contributed by atoms with Crippen molar-refractivity contribution < 1.29 is 9.21 Å². The molecule has 0 aromatic carbocycles. The topological polar surface area (TPSA) is 81.2 Å². The maximum Gasteiger partial charge on any atom is 0.287 e. The number of carbonyl (C=O) groups excluding carboxylic acids is 1. The second kappa shape index (κ2) is 5.25. The van der Waals surface area contributed by atoms with E-state index in [0.717, 1.165) is 5.69 Å². The lowest BCUT2D eigenvalue weighted by Gasteiger charge is -2.33. The molecule has 0 aliphatic rings. The average Bonchev–Trinajstić information content (AvgIpc) is 2.81. The number of hydrogen-bond acceptors (Lipinski definition) is 4. The summed E-state index contributed by atoms with van der Waals surface area (Å²) in [6.07, 6.45) is 0. The highest BCUT2D eigenvalue weighted by atomic mass is 16.3. The van der Waals surface area contributed by atoms with Gasteiger partial charge in [-0.05, 0) is 31.9 Å². The minimum atomic E-state index is -0.459. The summed E-state index contributed by atoms with van der Waals surface area (Å²) in [4.78, 5) is 16.6. The van der Waals surface area contributed by atoms with Crippen molar-refractivity contribution >= 4 is 17.0 Å². The first kappa shape index (κ1) is 14.5. The van der Waals surface area contributed by atoms with Gasteiger partial charge < -0.3 is 15.5 Å². The Morgan fingerprint density at radius 3 is 2.80 bits per heavy atom. The van der Waals surface area contributed by atoms with Gasteiger partial charge in [-0.15, -0.1) is 0 Å². The van der Waals surface area contributed by atoms with Crippen molar-refractivity contribution in [2.24, 2.45) is 11.7 Å². The predicted molar refractivity (Wildman–Crippen MR) is 78.5 cm³/mol. The molecule has 2 rings (SSSR count). The first-order chi connectivity index (χ1) is 9.35. The number of nitrogens with one attached hydrogen (secondary N) is 1. The maximum absolute atomic E-state index is 12.3. The number of nitrogens with two attached hydrogens (primary N) is 1. The van der Waals surface area contributed by atoms with Crippen LogP contribution < -0.4 is 11.1 Å². The van der Waals surface area contributed by atoms with Crippen molar-refractivity contribution in [2.75, 3.05) is 6.54 Å². The number of fused-ring (bicyclic) bond motifs is 1. The number of pyridine rings is 1. The minimum Gasteiger partial charge on any atom is -0.449 e. The summed E-state index contributed by atoms with van der Waals surface area (Å²) in [5, 5.41) is 2.95. The molecular formula is C15H21N3O2. The summed E-state index contributed by atoms with van der Waals surface area (Å²) in [6, 6.07) is 5.33. The Kier molecular flexibility index (Phi) is 3.81. The fourth-order valence-corrected chi connectivity index (χ4v) is 1.89. The molecule has 0 bridgehead atoms. The van der Waals surface area contributed by atoms with Crippen LogP contribution in [0.2, 0.25) is 0 Å². The van der Waals surface area contributed by atoms with Crippen molar-refractivity contribution in [1.82, 2.24) is 10.3 Å². The van der Waals surface area contributed by atoms with Crippen LogP contribution >= 0.6 is 0 Å². The van der Waals surface area contributed by atoms with Gasteiger partial charge in [-0.2, -0.15) is 0 Å². The van der Waals surface area contributed by atoms with Crippen molar-refractivity contribution in [3.8, 4) is 0 Å². The standard InChI is InChI=1S/C15H21N3O2/c1-9(2)15(4,8-16)18-14(19)13-7-11-12(20-13)6-5-10(3)17-11/h5-7,9H,8,16H2,1-4H3,(H,18,19). The first-order valence-electron chi connectivity index (χ1n) is 6.75. The number of aryl methyl sites for hydroxylation is 1. The molecule has 0 saturated heterocycles. The highest BCUT2D eigenvalue weighted by molar-refractivity contribution is 5.95. The molecule has 2 heterocycles. The molecule has 0 spiro atoms. The third kappa shape index (κ3) is 2.67. The molecule has 0 aliphatic carbocycles. The molecule has 20 heavy (non-hydrogen) atoms. The van der Waals surface area contributed by atoms with E-state index in [1.54, 1.807) is 6.07 Å². The van der Waals surface area contributed by atoms with E-state index in [-0.39, 0.29) is 17.6 Å². The van der Waals surface area contributed by atoms with Gasteiger partial charge in [0.15, 0.2) is 11.3 Å². The largest absolute Gasteiger partial charge is 0.449 e. The highest BCUT2D eigenvalue weighted by Gasteiger charge is 2.30. The van der Waals surface area contributed by atoms with E-state index in [2.05, 4.69) is 10.3 Å². The maximum atomic E-state index is 12.3. The Balaban J connectivity index is 2.27. The molecule has 0 saturated carbocycles. The zero-order chi connectivity index (χ0) is 14.9. The Hall–Kier alpha value is -1.88. The van der Waals surface area contributed by atoms with Crippen LogP contribution in [0.1, 0.15) is 37.0 Å². The fourth-order valence-electron chi connectivity index (χ4n) is 1.89. The molecule has 2 aromatic heterocycles. The van der Waals surface area contributed by atoms with Crippen molar-refractivity contribution in [2.45, 2.75) is 33.2 Å². The Morgan fingerprint density at radius 2 is 2.20 bits per heavy atom. The Bertz CT molecular complexity index is 633. The minimum absolute atomic E-state index is 0.223. The quantitative estimate of drug-likeness (QED) is 0.896. The van der Waals surface area contributed by atoms with Crippen LogP contribution in [-0.2, 0) is 0 Å². The SMILES string of the molecule is Cc1ccc2oc(C(=O)NC(C)(CN)C(C)C)cc2n1. The van der Waals surface area contributed by atoms with Crippen molar-refractivity contribution in [3.05, 3.63) is 29.7 Å². The van der Waals surface area contributed by atoms with Gasteiger partial charge >= 0.3 is 0 Å². The van der Waals surface area contributed by atoms with Gasteiger partial charge in [0.05, 0.1) is 5.54 Å². The third-order valence-electron chi connectivity index (χ3n) is 3.83. The van der Waals surface area contributed by atoms with Crippen LogP contribution in [0.3, 0.4) is 0 Å². The molecule has 1 amide bonds. The molecule has 5 heteroatoms. The van der Waals surface area contributed by atoms with Crippen LogP contribution in [0, 0.1) is 12.8 Å². The van der Waals surface area contributed by atoms with E-state index < -0.39 is 5.54 Å². The molecular weight excluding hydrogens is 254 g/mol. The molecule has 0 fully saturated rings. The zero-order valence-corrected chi connectivity index (χ0v) is 12.4. The molecule has 0 aliphatic heterocycles. The monoisotopic (exact) mass is 275 g/mol. The summed E-state index contributed by atoms with van der Waals surface area (Å²) < 4.78 is 5.54. The van der Waals surface area contributed by atoms with E-state index in [1.165, 1.54) is 0 Å². The molecule has 2 aromatic rings. The van der Waals surface area contributed by atoms with E-state index in [4.69, 9.17) is 10.2 Å². The molecule has 1 unspecified atom stereocenters. The molecule has 3 N–H and O–H groups in total. The third-order valence-corrected chi connectivity index (χ3v) is 3.83.